The topological polar surface area (TPSA) is 58.3 Å². The first-order valence-electron chi connectivity index (χ1n) is 7.50. The van der Waals surface area contributed by atoms with E-state index in [-0.39, 0.29) is 0 Å². The van der Waals surface area contributed by atoms with Crippen molar-refractivity contribution in [1.82, 2.24) is 14.9 Å². The molecule has 0 amide bonds. The SMILES string of the molecule is Nc1c(Cl)ncnc1N1CCC(N2CCCCC2)CC1. The molecular weight excluding hydrogens is 274 g/mol. The molecular formula is C14H22ClN5. The molecule has 2 fully saturated rings. The Morgan fingerprint density at radius 2 is 1.75 bits per heavy atom. The number of likely N-dealkylation sites (tertiary alicyclic amines) is 1. The lowest BCUT2D eigenvalue weighted by molar-refractivity contribution is 0.141. The van der Waals surface area contributed by atoms with E-state index in [9.17, 15) is 0 Å². The predicted octanol–water partition coefficient (Wildman–Crippen LogP) is 2.17. The smallest absolute Gasteiger partial charge is 0.157 e. The summed E-state index contributed by atoms with van der Waals surface area (Å²) in [4.78, 5) is 13.1. The van der Waals surface area contributed by atoms with Crippen LogP contribution in [0.25, 0.3) is 0 Å². The maximum Gasteiger partial charge on any atom is 0.157 e. The highest BCUT2D eigenvalue weighted by atomic mass is 35.5. The second kappa shape index (κ2) is 6.14. The van der Waals surface area contributed by atoms with Crippen LogP contribution in [0.4, 0.5) is 11.5 Å². The Kier molecular flexibility index (Phi) is 4.27. The van der Waals surface area contributed by atoms with E-state index in [1.807, 2.05) is 0 Å². The van der Waals surface area contributed by atoms with Crippen LogP contribution in [0.1, 0.15) is 32.1 Å². The summed E-state index contributed by atoms with van der Waals surface area (Å²) in [6.45, 7) is 4.54. The van der Waals surface area contributed by atoms with Crippen LogP contribution < -0.4 is 10.6 Å². The van der Waals surface area contributed by atoms with Crippen molar-refractivity contribution in [3.05, 3.63) is 11.5 Å². The van der Waals surface area contributed by atoms with Crippen LogP contribution in [-0.4, -0.2) is 47.1 Å². The van der Waals surface area contributed by atoms with Gasteiger partial charge in [-0.25, -0.2) is 9.97 Å². The van der Waals surface area contributed by atoms with Crippen molar-refractivity contribution in [1.29, 1.82) is 0 Å². The number of anilines is 2. The van der Waals surface area contributed by atoms with Crippen LogP contribution in [0.2, 0.25) is 5.15 Å². The van der Waals surface area contributed by atoms with Gasteiger partial charge in [0, 0.05) is 19.1 Å². The van der Waals surface area contributed by atoms with Crippen LogP contribution in [0, 0.1) is 0 Å². The van der Waals surface area contributed by atoms with Gasteiger partial charge in [0.15, 0.2) is 11.0 Å². The fourth-order valence-electron chi connectivity index (χ4n) is 3.34. The van der Waals surface area contributed by atoms with Gasteiger partial charge in [-0.3, -0.25) is 0 Å². The van der Waals surface area contributed by atoms with Gasteiger partial charge in [0.2, 0.25) is 0 Å². The fourth-order valence-corrected chi connectivity index (χ4v) is 3.47. The summed E-state index contributed by atoms with van der Waals surface area (Å²) in [5.41, 5.74) is 6.49. The molecule has 0 saturated carbocycles. The molecule has 5 nitrogen and oxygen atoms in total. The van der Waals surface area contributed by atoms with E-state index in [0.29, 0.717) is 10.8 Å². The second-order valence-electron chi connectivity index (χ2n) is 5.72. The lowest BCUT2D eigenvalue weighted by atomic mass is 10.00. The molecule has 3 heterocycles. The summed E-state index contributed by atoms with van der Waals surface area (Å²) < 4.78 is 0. The zero-order valence-corrected chi connectivity index (χ0v) is 12.5. The van der Waals surface area contributed by atoms with E-state index in [0.717, 1.165) is 24.9 Å². The normalized spacial score (nSPS) is 22.1. The first-order valence-corrected chi connectivity index (χ1v) is 7.88. The Bertz CT molecular complexity index is 453. The largest absolute Gasteiger partial charge is 0.393 e. The Morgan fingerprint density at radius 3 is 2.45 bits per heavy atom. The minimum atomic E-state index is 0.355. The molecule has 0 aromatic carbocycles. The van der Waals surface area contributed by atoms with Gasteiger partial charge in [0.05, 0.1) is 0 Å². The third-order valence-electron chi connectivity index (χ3n) is 4.49. The van der Waals surface area contributed by atoms with Crippen LogP contribution in [0.3, 0.4) is 0 Å². The van der Waals surface area contributed by atoms with Crippen LogP contribution in [0.15, 0.2) is 6.33 Å². The Hall–Kier alpha value is -1.07. The predicted molar refractivity (Wildman–Crippen MR) is 82.1 cm³/mol. The number of rotatable bonds is 2. The number of aromatic nitrogens is 2. The van der Waals surface area contributed by atoms with E-state index in [2.05, 4.69) is 19.8 Å². The maximum atomic E-state index is 5.98. The third-order valence-corrected chi connectivity index (χ3v) is 4.79. The Balaban J connectivity index is 1.62. The minimum absolute atomic E-state index is 0.355. The molecule has 1 aromatic rings. The second-order valence-corrected chi connectivity index (χ2v) is 6.07. The first-order chi connectivity index (χ1) is 9.75. The van der Waals surface area contributed by atoms with Gasteiger partial charge in [-0.15, -0.1) is 0 Å². The van der Waals surface area contributed by atoms with Crippen molar-refractivity contribution in [3.63, 3.8) is 0 Å². The van der Waals surface area contributed by atoms with E-state index in [4.69, 9.17) is 17.3 Å². The van der Waals surface area contributed by atoms with Crippen molar-refractivity contribution < 1.29 is 0 Å². The van der Waals surface area contributed by atoms with E-state index >= 15 is 0 Å². The summed E-state index contributed by atoms with van der Waals surface area (Å²) in [5, 5.41) is 0.355. The zero-order valence-electron chi connectivity index (χ0n) is 11.8. The molecule has 2 N–H and O–H groups in total. The fraction of sp³-hybridized carbons (Fsp3) is 0.714. The van der Waals surface area contributed by atoms with Gasteiger partial charge in [0.25, 0.3) is 0 Å². The molecule has 0 aliphatic carbocycles. The summed E-state index contributed by atoms with van der Waals surface area (Å²) in [6.07, 6.45) is 7.96. The molecule has 0 radical (unpaired) electrons. The third kappa shape index (κ3) is 2.83. The molecule has 0 unspecified atom stereocenters. The monoisotopic (exact) mass is 295 g/mol. The molecule has 20 heavy (non-hydrogen) atoms. The van der Waals surface area contributed by atoms with E-state index in [1.165, 1.54) is 51.5 Å². The van der Waals surface area contributed by atoms with Crippen molar-refractivity contribution in [2.75, 3.05) is 36.8 Å². The van der Waals surface area contributed by atoms with Gasteiger partial charge < -0.3 is 15.5 Å². The molecule has 2 saturated heterocycles. The summed E-state index contributed by atoms with van der Waals surface area (Å²) in [6, 6.07) is 0.727. The number of hydrogen-bond donors (Lipinski definition) is 1. The number of nitrogens with zero attached hydrogens (tertiary/aromatic N) is 4. The first kappa shape index (κ1) is 13.9. The molecule has 0 atom stereocenters. The molecule has 0 spiro atoms. The summed E-state index contributed by atoms with van der Waals surface area (Å²) in [7, 11) is 0. The summed E-state index contributed by atoms with van der Waals surface area (Å²) in [5.74, 6) is 0.794. The number of piperidine rings is 2. The number of hydrogen-bond acceptors (Lipinski definition) is 5. The Labute approximate surface area is 125 Å². The van der Waals surface area contributed by atoms with Gasteiger partial charge >= 0.3 is 0 Å². The number of halogens is 1. The number of nitrogens with two attached hydrogens (primary N) is 1. The van der Waals surface area contributed by atoms with Gasteiger partial charge in [0.1, 0.15) is 12.0 Å². The highest BCUT2D eigenvalue weighted by Crippen LogP contribution is 2.29. The Morgan fingerprint density at radius 1 is 1.05 bits per heavy atom. The molecule has 1 aromatic heterocycles. The van der Waals surface area contributed by atoms with Gasteiger partial charge in [-0.05, 0) is 38.8 Å². The van der Waals surface area contributed by atoms with Crippen LogP contribution in [0.5, 0.6) is 0 Å². The lowest BCUT2D eigenvalue weighted by Crippen LogP contribution is -2.47. The van der Waals surface area contributed by atoms with Crippen molar-refractivity contribution in [3.8, 4) is 0 Å². The van der Waals surface area contributed by atoms with Crippen LogP contribution in [-0.2, 0) is 0 Å². The van der Waals surface area contributed by atoms with Crippen molar-refractivity contribution in [2.45, 2.75) is 38.1 Å². The average Bonchev–Trinajstić information content (AvgIpc) is 2.51. The average molecular weight is 296 g/mol. The quantitative estimate of drug-likeness (QED) is 0.848. The molecule has 2 aliphatic rings. The molecule has 0 bridgehead atoms. The zero-order chi connectivity index (χ0) is 13.9. The van der Waals surface area contributed by atoms with E-state index < -0.39 is 0 Å². The van der Waals surface area contributed by atoms with Gasteiger partial charge in [-0.1, -0.05) is 18.0 Å². The van der Waals surface area contributed by atoms with Crippen molar-refractivity contribution >= 4 is 23.1 Å². The van der Waals surface area contributed by atoms with Gasteiger partial charge in [-0.2, -0.15) is 0 Å². The highest BCUT2D eigenvalue weighted by Gasteiger charge is 2.27. The molecule has 6 heteroatoms. The lowest BCUT2D eigenvalue weighted by Gasteiger charge is -2.40. The molecule has 3 rings (SSSR count). The highest BCUT2D eigenvalue weighted by molar-refractivity contribution is 6.32. The van der Waals surface area contributed by atoms with Crippen LogP contribution >= 0.6 is 11.6 Å². The van der Waals surface area contributed by atoms with E-state index in [1.54, 1.807) is 0 Å². The maximum absolute atomic E-state index is 5.98. The summed E-state index contributed by atoms with van der Waals surface area (Å²) >= 11 is 5.97. The molecule has 110 valence electrons. The molecule has 2 aliphatic heterocycles. The van der Waals surface area contributed by atoms with Crippen molar-refractivity contribution in [2.24, 2.45) is 0 Å². The number of nitrogen functional groups attached to an aromatic ring is 1. The minimum Gasteiger partial charge on any atom is -0.393 e. The standard InChI is InChI=1S/C14H22ClN5/c15-13-12(16)14(18-10-17-13)20-8-4-11(5-9-20)19-6-2-1-3-7-19/h10-11H,1-9,16H2.